The molecule has 0 unspecified atom stereocenters. The highest BCUT2D eigenvalue weighted by atomic mass is 32.1. The topological polar surface area (TPSA) is 69.0 Å². The van der Waals surface area contributed by atoms with Crippen LogP contribution in [0.3, 0.4) is 0 Å². The van der Waals surface area contributed by atoms with Crippen molar-refractivity contribution in [3.8, 4) is 11.3 Å². The predicted octanol–water partition coefficient (Wildman–Crippen LogP) is 4.06. The van der Waals surface area contributed by atoms with Crippen molar-refractivity contribution in [3.05, 3.63) is 65.9 Å². The minimum Gasteiger partial charge on any atom is -0.383 e. The quantitative estimate of drug-likeness (QED) is 0.549. The van der Waals surface area contributed by atoms with Crippen LogP contribution in [0.1, 0.15) is 10.4 Å². The maximum Gasteiger partial charge on any atom is 0.257 e. The highest BCUT2D eigenvalue weighted by Gasteiger charge is 2.12. The van der Waals surface area contributed by atoms with Crippen molar-refractivity contribution in [2.24, 2.45) is 0 Å². The van der Waals surface area contributed by atoms with Gasteiger partial charge in [0, 0.05) is 59.7 Å². The monoisotopic (exact) mass is 378 g/mol. The van der Waals surface area contributed by atoms with Crippen LogP contribution in [0.25, 0.3) is 22.2 Å². The number of amides is 1. The SMILES string of the molecule is COCCn1ccc2cc(C(=O)Nc3nc(-c4cccnc4)cs3)ccc21. The maximum absolute atomic E-state index is 12.6. The first-order chi connectivity index (χ1) is 13.2. The lowest BCUT2D eigenvalue weighted by Crippen LogP contribution is -2.11. The van der Waals surface area contributed by atoms with Gasteiger partial charge in [0.25, 0.3) is 5.91 Å². The van der Waals surface area contributed by atoms with Crippen LogP contribution < -0.4 is 5.32 Å². The van der Waals surface area contributed by atoms with Crippen molar-refractivity contribution in [3.63, 3.8) is 0 Å². The van der Waals surface area contributed by atoms with Gasteiger partial charge in [0.2, 0.25) is 0 Å². The van der Waals surface area contributed by atoms with Gasteiger partial charge in [0.05, 0.1) is 12.3 Å². The van der Waals surface area contributed by atoms with E-state index in [2.05, 4.69) is 19.9 Å². The number of anilines is 1. The van der Waals surface area contributed by atoms with Gasteiger partial charge in [-0.2, -0.15) is 0 Å². The molecular formula is C20H18N4O2S. The van der Waals surface area contributed by atoms with E-state index < -0.39 is 0 Å². The highest BCUT2D eigenvalue weighted by molar-refractivity contribution is 7.14. The summed E-state index contributed by atoms with van der Waals surface area (Å²) in [6, 6.07) is 11.5. The molecule has 0 saturated carbocycles. The van der Waals surface area contributed by atoms with E-state index in [-0.39, 0.29) is 5.91 Å². The minimum atomic E-state index is -0.173. The zero-order chi connectivity index (χ0) is 18.6. The van der Waals surface area contributed by atoms with Gasteiger partial charge in [-0.25, -0.2) is 4.98 Å². The number of hydrogen-bond acceptors (Lipinski definition) is 5. The number of pyridine rings is 1. The average Bonchev–Trinajstić information content (AvgIpc) is 3.33. The number of nitrogens with zero attached hydrogens (tertiary/aromatic N) is 3. The third-order valence-corrected chi connectivity index (χ3v) is 5.01. The van der Waals surface area contributed by atoms with Crippen molar-refractivity contribution >= 4 is 33.3 Å². The van der Waals surface area contributed by atoms with Gasteiger partial charge >= 0.3 is 0 Å². The summed E-state index contributed by atoms with van der Waals surface area (Å²) in [5.41, 5.74) is 3.41. The molecule has 1 N–H and O–H groups in total. The van der Waals surface area contributed by atoms with E-state index in [0.717, 1.165) is 28.7 Å². The van der Waals surface area contributed by atoms with Gasteiger partial charge in [-0.1, -0.05) is 0 Å². The van der Waals surface area contributed by atoms with Crippen LogP contribution in [0.2, 0.25) is 0 Å². The zero-order valence-corrected chi connectivity index (χ0v) is 15.6. The van der Waals surface area contributed by atoms with Crippen LogP contribution in [0, 0.1) is 0 Å². The molecular weight excluding hydrogens is 360 g/mol. The molecule has 4 aromatic rings. The molecule has 0 radical (unpaired) electrons. The van der Waals surface area contributed by atoms with Crippen molar-refractivity contribution in [2.75, 3.05) is 19.0 Å². The fourth-order valence-corrected chi connectivity index (χ4v) is 3.59. The number of carbonyl (C=O) groups excluding carboxylic acids is 1. The molecule has 6 nitrogen and oxygen atoms in total. The number of carbonyl (C=O) groups is 1. The van der Waals surface area contributed by atoms with E-state index in [9.17, 15) is 4.79 Å². The summed E-state index contributed by atoms with van der Waals surface area (Å²) in [4.78, 5) is 21.2. The van der Waals surface area contributed by atoms with Gasteiger partial charge in [0.1, 0.15) is 0 Å². The van der Waals surface area contributed by atoms with Crippen LogP contribution >= 0.6 is 11.3 Å². The van der Waals surface area contributed by atoms with Crippen molar-refractivity contribution in [2.45, 2.75) is 6.54 Å². The molecule has 3 heterocycles. The molecule has 0 fully saturated rings. The fourth-order valence-electron chi connectivity index (χ4n) is 2.87. The number of ether oxygens (including phenoxy) is 1. The summed E-state index contributed by atoms with van der Waals surface area (Å²) in [5.74, 6) is -0.173. The highest BCUT2D eigenvalue weighted by Crippen LogP contribution is 2.25. The number of thiazole rings is 1. The smallest absolute Gasteiger partial charge is 0.257 e. The summed E-state index contributed by atoms with van der Waals surface area (Å²) < 4.78 is 7.24. The normalized spacial score (nSPS) is 11.0. The lowest BCUT2D eigenvalue weighted by Gasteiger charge is -2.06. The first-order valence-corrected chi connectivity index (χ1v) is 9.37. The lowest BCUT2D eigenvalue weighted by molar-refractivity contribution is 0.102. The average molecular weight is 378 g/mol. The molecule has 0 aliphatic carbocycles. The summed E-state index contributed by atoms with van der Waals surface area (Å²) in [6.07, 6.45) is 5.48. The molecule has 0 bridgehead atoms. The molecule has 27 heavy (non-hydrogen) atoms. The number of fused-ring (bicyclic) bond motifs is 1. The Hall–Kier alpha value is -3.03. The number of nitrogens with one attached hydrogen (secondary N) is 1. The van der Waals surface area contributed by atoms with Gasteiger partial charge in [-0.05, 0) is 36.4 Å². The van der Waals surface area contributed by atoms with Gasteiger partial charge in [0.15, 0.2) is 5.13 Å². The van der Waals surface area contributed by atoms with Gasteiger partial charge in [-0.15, -0.1) is 11.3 Å². The molecule has 4 rings (SSSR count). The third-order valence-electron chi connectivity index (χ3n) is 4.25. The Kier molecular flexibility index (Phi) is 4.95. The molecule has 136 valence electrons. The van der Waals surface area contributed by atoms with Crippen LogP contribution in [-0.2, 0) is 11.3 Å². The standard InChI is InChI=1S/C20H18N4O2S/c1-26-10-9-24-8-6-14-11-15(4-5-18(14)24)19(25)23-20-22-17(13-27-20)16-3-2-7-21-12-16/h2-8,11-13H,9-10H2,1H3,(H,22,23,25). The minimum absolute atomic E-state index is 0.173. The number of rotatable bonds is 6. The van der Waals surface area contributed by atoms with Crippen LogP contribution in [0.15, 0.2) is 60.4 Å². The van der Waals surface area contributed by atoms with Crippen molar-refractivity contribution in [1.82, 2.24) is 14.5 Å². The first-order valence-electron chi connectivity index (χ1n) is 8.50. The Morgan fingerprint density at radius 3 is 3.04 bits per heavy atom. The molecule has 7 heteroatoms. The molecule has 1 aromatic carbocycles. The summed E-state index contributed by atoms with van der Waals surface area (Å²) in [5, 5.41) is 6.37. The Morgan fingerprint density at radius 1 is 1.30 bits per heavy atom. The predicted molar refractivity (Wildman–Crippen MR) is 107 cm³/mol. The fraction of sp³-hybridized carbons (Fsp3) is 0.150. The van der Waals surface area contributed by atoms with Crippen molar-refractivity contribution in [1.29, 1.82) is 0 Å². The van der Waals surface area contributed by atoms with E-state index in [4.69, 9.17) is 4.74 Å². The lowest BCUT2D eigenvalue weighted by atomic mass is 10.1. The third kappa shape index (κ3) is 3.74. The molecule has 0 atom stereocenters. The van der Waals surface area contributed by atoms with Crippen LogP contribution in [0.4, 0.5) is 5.13 Å². The van der Waals surface area contributed by atoms with E-state index in [0.29, 0.717) is 17.3 Å². The first kappa shape index (κ1) is 17.4. The Labute approximate surface area is 160 Å². The summed E-state index contributed by atoms with van der Waals surface area (Å²) >= 11 is 1.40. The van der Waals surface area contributed by atoms with Crippen LogP contribution in [-0.4, -0.2) is 34.2 Å². The molecule has 3 aromatic heterocycles. The second kappa shape index (κ2) is 7.69. The number of aromatic nitrogens is 3. The van der Waals surface area contributed by atoms with E-state index in [1.807, 2.05) is 48.0 Å². The molecule has 0 saturated heterocycles. The largest absolute Gasteiger partial charge is 0.383 e. The summed E-state index contributed by atoms with van der Waals surface area (Å²) in [6.45, 7) is 1.43. The number of benzene rings is 1. The molecule has 0 aliphatic heterocycles. The van der Waals surface area contributed by atoms with E-state index in [1.54, 1.807) is 19.5 Å². The summed E-state index contributed by atoms with van der Waals surface area (Å²) in [7, 11) is 1.69. The Bertz CT molecular complexity index is 1070. The maximum atomic E-state index is 12.6. The van der Waals surface area contributed by atoms with Gasteiger partial charge < -0.3 is 9.30 Å². The van der Waals surface area contributed by atoms with Gasteiger partial charge in [-0.3, -0.25) is 15.1 Å². The van der Waals surface area contributed by atoms with Crippen LogP contribution in [0.5, 0.6) is 0 Å². The Balaban J connectivity index is 1.51. The second-order valence-electron chi connectivity index (χ2n) is 6.01. The van der Waals surface area contributed by atoms with Crippen molar-refractivity contribution < 1.29 is 9.53 Å². The molecule has 0 spiro atoms. The molecule has 1 amide bonds. The van der Waals surface area contributed by atoms with E-state index >= 15 is 0 Å². The number of hydrogen-bond donors (Lipinski definition) is 1. The second-order valence-corrected chi connectivity index (χ2v) is 6.87. The number of methoxy groups -OCH3 is 1. The molecule has 0 aliphatic rings. The van der Waals surface area contributed by atoms with E-state index in [1.165, 1.54) is 11.3 Å². The zero-order valence-electron chi connectivity index (χ0n) is 14.8. The Morgan fingerprint density at radius 2 is 2.22 bits per heavy atom.